The van der Waals surface area contributed by atoms with E-state index >= 15 is 0 Å². The number of hydrogen-bond acceptors (Lipinski definition) is 2. The molecule has 0 radical (unpaired) electrons. The maximum atomic E-state index is 12.2. The van der Waals surface area contributed by atoms with Crippen molar-refractivity contribution >= 4 is 5.96 Å². The number of aliphatic imine (C=N–C) groups is 1. The number of ether oxygens (including phenoxy) is 1. The topological polar surface area (TPSA) is 45.7 Å². The van der Waals surface area contributed by atoms with E-state index in [2.05, 4.69) is 15.6 Å². The normalized spacial score (nSPS) is 16.1. The van der Waals surface area contributed by atoms with Crippen LogP contribution in [0.25, 0.3) is 0 Å². The van der Waals surface area contributed by atoms with Crippen molar-refractivity contribution < 1.29 is 13.5 Å². The van der Waals surface area contributed by atoms with Gasteiger partial charge in [-0.1, -0.05) is 25.0 Å². The number of hydrogen-bond donors (Lipinski definition) is 2. The highest BCUT2D eigenvalue weighted by molar-refractivity contribution is 5.79. The van der Waals surface area contributed by atoms with Crippen LogP contribution in [0.1, 0.15) is 31.2 Å². The third kappa shape index (κ3) is 5.50. The van der Waals surface area contributed by atoms with Crippen molar-refractivity contribution in [2.24, 2.45) is 4.99 Å². The minimum absolute atomic E-state index is 0.457. The number of nitrogens with zero attached hydrogens (tertiary/aromatic N) is 1. The van der Waals surface area contributed by atoms with Crippen molar-refractivity contribution in [2.45, 2.75) is 44.7 Å². The molecule has 0 atom stereocenters. The Balaban J connectivity index is 1.83. The second-order valence-corrected chi connectivity index (χ2v) is 5.40. The SMILES string of the molecule is CN=C(NCc1cccc(OCC(F)F)c1)NC1CCCC1. The zero-order valence-electron chi connectivity index (χ0n) is 12.8. The van der Waals surface area contributed by atoms with E-state index in [1.165, 1.54) is 25.7 Å². The van der Waals surface area contributed by atoms with E-state index in [1.54, 1.807) is 25.2 Å². The molecule has 122 valence electrons. The fraction of sp³-hybridized carbons (Fsp3) is 0.562. The summed E-state index contributed by atoms with van der Waals surface area (Å²) in [5, 5.41) is 6.64. The highest BCUT2D eigenvalue weighted by Crippen LogP contribution is 2.17. The average Bonchev–Trinajstić information content (AvgIpc) is 3.03. The molecule has 0 spiro atoms. The summed E-state index contributed by atoms with van der Waals surface area (Å²) in [5.74, 6) is 1.23. The molecule has 1 fully saturated rings. The van der Waals surface area contributed by atoms with Crippen LogP contribution in [0.4, 0.5) is 8.78 Å². The van der Waals surface area contributed by atoms with Gasteiger partial charge in [-0.15, -0.1) is 0 Å². The first-order chi connectivity index (χ1) is 10.7. The molecule has 1 aliphatic carbocycles. The predicted octanol–water partition coefficient (Wildman–Crippen LogP) is 2.94. The summed E-state index contributed by atoms with van der Waals surface area (Å²) < 4.78 is 29.3. The molecule has 0 heterocycles. The first kappa shape index (κ1) is 16.5. The lowest BCUT2D eigenvalue weighted by molar-refractivity contribution is 0.0818. The van der Waals surface area contributed by atoms with Gasteiger partial charge in [-0.3, -0.25) is 4.99 Å². The zero-order chi connectivity index (χ0) is 15.8. The minimum Gasteiger partial charge on any atom is -0.488 e. The molecule has 0 amide bonds. The highest BCUT2D eigenvalue weighted by atomic mass is 19.3. The molecule has 1 saturated carbocycles. The summed E-state index contributed by atoms with van der Waals surface area (Å²) in [6.07, 6.45) is 2.42. The molecule has 0 aromatic heterocycles. The van der Waals surface area contributed by atoms with Crippen molar-refractivity contribution in [3.05, 3.63) is 29.8 Å². The van der Waals surface area contributed by atoms with E-state index in [0.29, 0.717) is 18.3 Å². The minimum atomic E-state index is -2.46. The third-order valence-corrected chi connectivity index (χ3v) is 3.65. The van der Waals surface area contributed by atoms with Crippen LogP contribution in [-0.2, 0) is 6.54 Å². The summed E-state index contributed by atoms with van der Waals surface area (Å²) >= 11 is 0. The lowest BCUT2D eigenvalue weighted by Gasteiger charge is -2.17. The molecule has 1 aromatic rings. The molecular formula is C16H23F2N3O. The predicted molar refractivity (Wildman–Crippen MR) is 83.5 cm³/mol. The lowest BCUT2D eigenvalue weighted by Crippen LogP contribution is -2.41. The molecular weight excluding hydrogens is 288 g/mol. The van der Waals surface area contributed by atoms with Crippen LogP contribution in [0.3, 0.4) is 0 Å². The molecule has 0 bridgehead atoms. The Kier molecular flexibility index (Phi) is 6.43. The molecule has 0 aliphatic heterocycles. The standard InChI is InChI=1S/C16H23F2N3O/c1-19-16(21-13-6-2-3-7-13)20-10-12-5-4-8-14(9-12)22-11-15(17)18/h4-5,8-9,13,15H,2-3,6-7,10-11H2,1H3,(H2,19,20,21). The van der Waals surface area contributed by atoms with Crippen LogP contribution < -0.4 is 15.4 Å². The Labute approximate surface area is 130 Å². The highest BCUT2D eigenvalue weighted by Gasteiger charge is 2.15. The third-order valence-electron chi connectivity index (χ3n) is 3.65. The summed E-state index contributed by atoms with van der Waals surface area (Å²) in [7, 11) is 1.74. The van der Waals surface area contributed by atoms with Crippen LogP contribution in [0, 0.1) is 0 Å². The van der Waals surface area contributed by atoms with Gasteiger partial charge in [-0.05, 0) is 30.5 Å². The fourth-order valence-electron chi connectivity index (χ4n) is 2.55. The first-order valence-corrected chi connectivity index (χ1v) is 7.64. The Hall–Kier alpha value is -1.85. The Bertz CT molecular complexity index is 488. The number of nitrogens with one attached hydrogen (secondary N) is 2. The van der Waals surface area contributed by atoms with E-state index in [-0.39, 0.29) is 0 Å². The first-order valence-electron chi connectivity index (χ1n) is 7.64. The van der Waals surface area contributed by atoms with Crippen LogP contribution >= 0.6 is 0 Å². The molecule has 2 N–H and O–H groups in total. The van der Waals surface area contributed by atoms with Gasteiger partial charge in [0.1, 0.15) is 12.4 Å². The molecule has 0 saturated heterocycles. The molecule has 2 rings (SSSR count). The number of halogens is 2. The maximum Gasteiger partial charge on any atom is 0.272 e. The summed E-state index contributed by atoms with van der Waals surface area (Å²) in [5.41, 5.74) is 0.959. The van der Waals surface area contributed by atoms with Gasteiger partial charge in [0.05, 0.1) is 0 Å². The van der Waals surface area contributed by atoms with Crippen LogP contribution in [0.2, 0.25) is 0 Å². The summed E-state index contributed by atoms with van der Waals surface area (Å²) in [4.78, 5) is 4.21. The second-order valence-electron chi connectivity index (χ2n) is 5.40. The van der Waals surface area contributed by atoms with E-state index < -0.39 is 13.0 Å². The van der Waals surface area contributed by atoms with E-state index in [1.807, 2.05) is 6.07 Å². The molecule has 0 unspecified atom stereocenters. The van der Waals surface area contributed by atoms with Gasteiger partial charge in [0.15, 0.2) is 5.96 Å². The number of guanidine groups is 1. The molecule has 1 aliphatic rings. The van der Waals surface area contributed by atoms with Gasteiger partial charge in [-0.25, -0.2) is 8.78 Å². The fourth-order valence-corrected chi connectivity index (χ4v) is 2.55. The smallest absolute Gasteiger partial charge is 0.272 e. The number of alkyl halides is 2. The van der Waals surface area contributed by atoms with Crippen molar-refractivity contribution in [1.29, 1.82) is 0 Å². The van der Waals surface area contributed by atoms with Crippen LogP contribution in [0.15, 0.2) is 29.3 Å². The maximum absolute atomic E-state index is 12.2. The van der Waals surface area contributed by atoms with Gasteiger partial charge >= 0.3 is 0 Å². The molecule has 1 aromatic carbocycles. The largest absolute Gasteiger partial charge is 0.488 e. The monoisotopic (exact) mass is 311 g/mol. The van der Waals surface area contributed by atoms with Gasteiger partial charge < -0.3 is 15.4 Å². The van der Waals surface area contributed by atoms with Gasteiger partial charge in [0.2, 0.25) is 0 Å². The van der Waals surface area contributed by atoms with Crippen LogP contribution in [0.5, 0.6) is 5.75 Å². The van der Waals surface area contributed by atoms with Crippen molar-refractivity contribution in [3.8, 4) is 5.75 Å². The zero-order valence-corrected chi connectivity index (χ0v) is 12.8. The summed E-state index contributed by atoms with van der Waals surface area (Å²) in [6.45, 7) is -0.0138. The second kappa shape index (κ2) is 8.56. The number of rotatable bonds is 6. The Morgan fingerprint density at radius 3 is 2.82 bits per heavy atom. The lowest BCUT2D eigenvalue weighted by atomic mass is 10.2. The van der Waals surface area contributed by atoms with E-state index in [0.717, 1.165) is 11.5 Å². The van der Waals surface area contributed by atoms with E-state index in [4.69, 9.17) is 4.74 Å². The quantitative estimate of drug-likeness (QED) is 0.627. The Morgan fingerprint density at radius 1 is 1.36 bits per heavy atom. The van der Waals surface area contributed by atoms with E-state index in [9.17, 15) is 8.78 Å². The number of benzene rings is 1. The summed E-state index contributed by atoms with van der Waals surface area (Å²) in [6, 6.07) is 7.65. The van der Waals surface area contributed by atoms with Crippen molar-refractivity contribution in [1.82, 2.24) is 10.6 Å². The van der Waals surface area contributed by atoms with Crippen LogP contribution in [-0.4, -0.2) is 32.1 Å². The van der Waals surface area contributed by atoms with Gasteiger partial charge in [-0.2, -0.15) is 0 Å². The molecule has 4 nitrogen and oxygen atoms in total. The van der Waals surface area contributed by atoms with Gasteiger partial charge in [0, 0.05) is 19.6 Å². The Morgan fingerprint density at radius 2 is 2.14 bits per heavy atom. The van der Waals surface area contributed by atoms with Crippen molar-refractivity contribution in [2.75, 3.05) is 13.7 Å². The van der Waals surface area contributed by atoms with Gasteiger partial charge in [0.25, 0.3) is 6.43 Å². The van der Waals surface area contributed by atoms with Crippen molar-refractivity contribution in [3.63, 3.8) is 0 Å². The molecule has 6 heteroatoms. The average molecular weight is 311 g/mol. The molecule has 22 heavy (non-hydrogen) atoms.